The van der Waals surface area contributed by atoms with Crippen LogP contribution in [0.5, 0.6) is 0 Å². The van der Waals surface area contributed by atoms with Gasteiger partial charge in [-0.3, -0.25) is 19.6 Å². The zero-order valence-electron chi connectivity index (χ0n) is 17.4. The monoisotopic (exact) mass is 442 g/mol. The zero-order chi connectivity index (χ0) is 23.3. The van der Waals surface area contributed by atoms with E-state index in [1.807, 2.05) is 0 Å². The van der Waals surface area contributed by atoms with Crippen LogP contribution < -0.4 is 10.6 Å². The molecule has 10 nitrogen and oxygen atoms in total. The van der Waals surface area contributed by atoms with E-state index in [0.717, 1.165) is 0 Å². The third-order valence-corrected chi connectivity index (χ3v) is 4.74. The van der Waals surface area contributed by atoms with Gasteiger partial charge in [-0.2, -0.15) is 0 Å². The Hall–Kier alpha value is -3.82. The molecule has 0 bridgehead atoms. The van der Waals surface area contributed by atoms with Gasteiger partial charge in [0.1, 0.15) is 23.5 Å². The lowest BCUT2D eigenvalue weighted by molar-refractivity contribution is -0.140. The van der Waals surface area contributed by atoms with Crippen LogP contribution >= 0.6 is 0 Å². The second-order valence-corrected chi connectivity index (χ2v) is 7.15. The number of carboxylic acids is 2. The first-order valence-electron chi connectivity index (χ1n) is 10.3. The highest BCUT2D eigenvalue weighted by molar-refractivity contribution is 5.95. The summed E-state index contributed by atoms with van der Waals surface area (Å²) in [5.74, 6) is -3.35. The maximum atomic E-state index is 12.1. The molecular formula is C22H26N4O6. The number of aliphatic carboxylic acids is 2. The molecule has 170 valence electrons. The number of amides is 2. The second kappa shape index (κ2) is 12.8. The minimum atomic E-state index is -1.13. The largest absolute Gasteiger partial charge is 0.480 e. The lowest BCUT2D eigenvalue weighted by Crippen LogP contribution is -2.41. The molecule has 2 heterocycles. The number of hydrogen-bond donors (Lipinski definition) is 4. The molecule has 2 amide bonds. The standard InChI is InChI=1S/C22H26N4O6/c27-19(15-9-5-7-13-23-15)25-17(21(29)30)11-3-1-2-4-12-18(22(31)32)26-20(28)16-10-6-8-14-24-16/h5-10,13-14,17-18H,1-4,11-12H2,(H,25,27)(H,26,28)(H,29,30)(H,31,32)/t17-,18?/m1/s1. The summed E-state index contributed by atoms with van der Waals surface area (Å²) in [6.45, 7) is 0. The highest BCUT2D eigenvalue weighted by Crippen LogP contribution is 2.11. The predicted octanol–water partition coefficient (Wildman–Crippen LogP) is 1.88. The van der Waals surface area contributed by atoms with Gasteiger partial charge in [0, 0.05) is 12.4 Å². The highest BCUT2D eigenvalue weighted by atomic mass is 16.4. The third kappa shape index (κ3) is 8.13. The topological polar surface area (TPSA) is 159 Å². The summed E-state index contributed by atoms with van der Waals surface area (Å²) in [4.78, 5) is 54.8. The van der Waals surface area contributed by atoms with Crippen LogP contribution in [0.2, 0.25) is 0 Å². The van der Waals surface area contributed by atoms with Gasteiger partial charge in [0.25, 0.3) is 11.8 Å². The van der Waals surface area contributed by atoms with Gasteiger partial charge in [-0.25, -0.2) is 9.59 Å². The molecule has 32 heavy (non-hydrogen) atoms. The molecule has 1 unspecified atom stereocenters. The number of carboxylic acid groups (broad SMARTS) is 2. The Balaban J connectivity index is 1.71. The highest BCUT2D eigenvalue weighted by Gasteiger charge is 2.22. The van der Waals surface area contributed by atoms with Crippen molar-refractivity contribution in [3.63, 3.8) is 0 Å². The third-order valence-electron chi connectivity index (χ3n) is 4.74. The lowest BCUT2D eigenvalue weighted by atomic mass is 10.0. The number of hydrogen-bond acceptors (Lipinski definition) is 6. The molecule has 0 aliphatic rings. The number of carbonyl (C=O) groups excluding carboxylic acids is 2. The lowest BCUT2D eigenvalue weighted by Gasteiger charge is -2.15. The summed E-state index contributed by atoms with van der Waals surface area (Å²) in [6.07, 6.45) is 5.78. The molecule has 0 aromatic carbocycles. The molecule has 0 saturated carbocycles. The van der Waals surface area contributed by atoms with Gasteiger partial charge in [0.2, 0.25) is 0 Å². The SMILES string of the molecule is O=C(NC(CCCCCC[C@@H](NC(=O)c1ccccn1)C(=O)O)C(=O)O)c1ccccn1. The smallest absolute Gasteiger partial charge is 0.326 e. The van der Waals surface area contributed by atoms with E-state index in [2.05, 4.69) is 20.6 Å². The van der Waals surface area contributed by atoms with Crippen molar-refractivity contribution in [2.75, 3.05) is 0 Å². The van der Waals surface area contributed by atoms with E-state index in [1.54, 1.807) is 24.3 Å². The number of nitrogens with zero attached hydrogens (tertiary/aromatic N) is 2. The van der Waals surface area contributed by atoms with E-state index in [0.29, 0.717) is 25.7 Å². The Bertz CT molecular complexity index is 832. The predicted molar refractivity (Wildman–Crippen MR) is 114 cm³/mol. The zero-order valence-corrected chi connectivity index (χ0v) is 17.4. The number of pyridine rings is 2. The molecule has 2 aromatic heterocycles. The molecule has 0 radical (unpaired) electrons. The van der Waals surface area contributed by atoms with Crippen LogP contribution in [0.15, 0.2) is 48.8 Å². The van der Waals surface area contributed by atoms with Gasteiger partial charge >= 0.3 is 11.9 Å². The van der Waals surface area contributed by atoms with Crippen LogP contribution in [0.3, 0.4) is 0 Å². The van der Waals surface area contributed by atoms with Crippen LogP contribution in [0.1, 0.15) is 59.5 Å². The van der Waals surface area contributed by atoms with Crippen molar-refractivity contribution in [3.05, 3.63) is 60.2 Å². The summed E-state index contributed by atoms with van der Waals surface area (Å²) in [7, 11) is 0. The molecule has 2 aromatic rings. The van der Waals surface area contributed by atoms with Crippen molar-refractivity contribution in [2.45, 2.75) is 50.6 Å². The number of nitrogens with one attached hydrogen (secondary N) is 2. The molecule has 0 aliphatic carbocycles. The van der Waals surface area contributed by atoms with Gasteiger partial charge in [-0.05, 0) is 37.1 Å². The minimum Gasteiger partial charge on any atom is -0.480 e. The molecule has 2 rings (SSSR count). The average Bonchev–Trinajstić information content (AvgIpc) is 2.80. The van der Waals surface area contributed by atoms with Gasteiger partial charge in [-0.1, -0.05) is 37.8 Å². The van der Waals surface area contributed by atoms with E-state index in [1.165, 1.54) is 24.5 Å². The second-order valence-electron chi connectivity index (χ2n) is 7.15. The quantitative estimate of drug-likeness (QED) is 0.342. The van der Waals surface area contributed by atoms with Crippen LogP contribution in [0.25, 0.3) is 0 Å². The fourth-order valence-corrected chi connectivity index (χ4v) is 3.02. The van der Waals surface area contributed by atoms with Crippen molar-refractivity contribution in [1.29, 1.82) is 0 Å². The maximum Gasteiger partial charge on any atom is 0.326 e. The van der Waals surface area contributed by atoms with Crippen molar-refractivity contribution in [1.82, 2.24) is 20.6 Å². The molecular weight excluding hydrogens is 416 g/mol. The Labute approximate surface area is 185 Å². The first kappa shape index (κ1) is 24.4. The Morgan fingerprint density at radius 2 is 1.09 bits per heavy atom. The Morgan fingerprint density at radius 3 is 1.41 bits per heavy atom. The maximum absolute atomic E-state index is 12.1. The van der Waals surface area contributed by atoms with E-state index in [4.69, 9.17) is 0 Å². The van der Waals surface area contributed by atoms with E-state index < -0.39 is 35.8 Å². The number of aromatic nitrogens is 2. The molecule has 0 aliphatic heterocycles. The first-order chi connectivity index (χ1) is 15.4. The first-order valence-corrected chi connectivity index (χ1v) is 10.3. The van der Waals surface area contributed by atoms with Gasteiger partial charge in [-0.15, -0.1) is 0 Å². The van der Waals surface area contributed by atoms with Crippen molar-refractivity contribution in [2.24, 2.45) is 0 Å². The van der Waals surface area contributed by atoms with Crippen LogP contribution in [0.4, 0.5) is 0 Å². The van der Waals surface area contributed by atoms with Crippen LogP contribution in [0, 0.1) is 0 Å². The molecule has 0 fully saturated rings. The van der Waals surface area contributed by atoms with E-state index >= 15 is 0 Å². The van der Waals surface area contributed by atoms with Crippen molar-refractivity contribution in [3.8, 4) is 0 Å². The number of rotatable bonds is 13. The summed E-state index contributed by atoms with van der Waals surface area (Å²) in [5, 5.41) is 23.6. The van der Waals surface area contributed by atoms with Crippen LogP contribution in [-0.2, 0) is 9.59 Å². The van der Waals surface area contributed by atoms with Crippen molar-refractivity contribution < 1.29 is 29.4 Å². The number of unbranched alkanes of at least 4 members (excludes halogenated alkanes) is 3. The van der Waals surface area contributed by atoms with Gasteiger partial charge < -0.3 is 20.8 Å². The normalized spacial score (nSPS) is 12.4. The molecule has 2 atom stereocenters. The van der Waals surface area contributed by atoms with E-state index in [-0.39, 0.29) is 24.2 Å². The summed E-state index contributed by atoms with van der Waals surface area (Å²) < 4.78 is 0. The van der Waals surface area contributed by atoms with Gasteiger partial charge in [0.05, 0.1) is 0 Å². The fraction of sp³-hybridized carbons (Fsp3) is 0.364. The Morgan fingerprint density at radius 1 is 0.688 bits per heavy atom. The summed E-state index contributed by atoms with van der Waals surface area (Å²) >= 11 is 0. The molecule has 4 N–H and O–H groups in total. The Kier molecular flexibility index (Phi) is 9.76. The molecule has 0 saturated heterocycles. The fourth-order valence-electron chi connectivity index (χ4n) is 3.02. The van der Waals surface area contributed by atoms with E-state index in [9.17, 15) is 29.4 Å². The van der Waals surface area contributed by atoms with Crippen molar-refractivity contribution >= 4 is 23.8 Å². The summed E-state index contributed by atoms with van der Waals surface area (Å²) in [6, 6.07) is 7.53. The van der Waals surface area contributed by atoms with Gasteiger partial charge in [0.15, 0.2) is 0 Å². The summed E-state index contributed by atoms with van der Waals surface area (Å²) in [5.41, 5.74) is 0.289. The molecule has 10 heteroatoms. The average molecular weight is 442 g/mol. The number of carbonyl (C=O) groups is 4. The minimum absolute atomic E-state index is 0.145. The molecule has 0 spiro atoms. The van der Waals surface area contributed by atoms with Crippen LogP contribution in [-0.4, -0.2) is 56.0 Å².